The molecule has 0 fully saturated rings. The number of hydrogen-bond acceptors (Lipinski definition) is 1. The van der Waals surface area contributed by atoms with Gasteiger partial charge in [0.1, 0.15) is 10.0 Å². The summed E-state index contributed by atoms with van der Waals surface area (Å²) in [4.78, 5) is 0. The van der Waals surface area contributed by atoms with Crippen LogP contribution in [0.2, 0.25) is 30.1 Å². The molecule has 0 atom stereocenters. The van der Waals surface area contributed by atoms with Crippen molar-refractivity contribution in [1.29, 1.82) is 0 Å². The van der Waals surface area contributed by atoms with E-state index in [1.54, 1.807) is 12.1 Å². The number of rotatable bonds is 0. The van der Waals surface area contributed by atoms with Crippen LogP contribution in [-0.4, -0.2) is 0 Å². The molecule has 1 heterocycles. The Morgan fingerprint density at radius 1 is 0.632 bits per heavy atom. The van der Waals surface area contributed by atoms with Crippen molar-refractivity contribution in [3.63, 3.8) is 0 Å². The third-order valence-corrected chi connectivity index (χ3v) is 5.32. The number of hydrogen-bond donors (Lipinski definition) is 0. The van der Waals surface area contributed by atoms with Gasteiger partial charge in [-0.25, -0.2) is 0 Å². The lowest BCUT2D eigenvalue weighted by atomic mass is 10.1. The Bertz CT molecular complexity index is 836. The van der Waals surface area contributed by atoms with Gasteiger partial charge in [0.2, 0.25) is 0 Å². The summed E-state index contributed by atoms with van der Waals surface area (Å²) >= 11 is 36.4. The van der Waals surface area contributed by atoms with Crippen molar-refractivity contribution in [3.8, 4) is 0 Å². The van der Waals surface area contributed by atoms with Crippen LogP contribution in [0.15, 0.2) is 16.5 Å². The normalized spacial score (nSPS) is 11.7. The quantitative estimate of drug-likeness (QED) is 0.293. The van der Waals surface area contributed by atoms with Gasteiger partial charge in [0, 0.05) is 5.39 Å². The Morgan fingerprint density at radius 3 is 1.95 bits per heavy atom. The number of benzene rings is 2. The van der Waals surface area contributed by atoms with Crippen molar-refractivity contribution >= 4 is 91.5 Å². The summed E-state index contributed by atoms with van der Waals surface area (Å²) in [6.07, 6.45) is 0. The lowest BCUT2D eigenvalue weighted by Gasteiger charge is -2.03. The number of halogens is 6. The molecule has 0 spiro atoms. The molecule has 0 bridgehead atoms. The van der Waals surface area contributed by atoms with E-state index < -0.39 is 0 Å². The average molecular weight is 375 g/mol. The smallest absolute Gasteiger partial charge is 0.157 e. The highest BCUT2D eigenvalue weighted by Gasteiger charge is 2.22. The average Bonchev–Trinajstić information content (AvgIpc) is 2.78. The monoisotopic (exact) mass is 372 g/mol. The van der Waals surface area contributed by atoms with Crippen molar-refractivity contribution in [2.24, 2.45) is 0 Å². The van der Waals surface area contributed by atoms with Crippen LogP contribution in [0.4, 0.5) is 0 Å². The zero-order valence-corrected chi connectivity index (χ0v) is 13.4. The van der Waals surface area contributed by atoms with Crippen molar-refractivity contribution in [1.82, 2.24) is 0 Å². The first-order valence-electron chi connectivity index (χ1n) is 4.95. The fourth-order valence-electron chi connectivity index (χ4n) is 1.88. The molecule has 1 aromatic heterocycles. The highest BCUT2D eigenvalue weighted by Crippen LogP contribution is 2.48. The lowest BCUT2D eigenvalue weighted by molar-refractivity contribution is 0.669. The fourth-order valence-corrected chi connectivity index (χ4v) is 3.21. The van der Waals surface area contributed by atoms with Gasteiger partial charge >= 0.3 is 0 Å². The van der Waals surface area contributed by atoms with Gasteiger partial charge in [-0.05, 0) is 12.1 Å². The molecule has 2 aromatic carbocycles. The summed E-state index contributed by atoms with van der Waals surface area (Å²) in [6, 6.07) is 3.38. The molecule has 0 amide bonds. The van der Waals surface area contributed by atoms with Crippen LogP contribution in [0.5, 0.6) is 0 Å². The molecule has 98 valence electrons. The number of furan rings is 1. The minimum Gasteiger partial charge on any atom is -0.453 e. The predicted octanol–water partition coefficient (Wildman–Crippen LogP) is 7.51. The van der Waals surface area contributed by atoms with Gasteiger partial charge in [-0.3, -0.25) is 0 Å². The third kappa shape index (κ3) is 1.91. The first-order valence-corrected chi connectivity index (χ1v) is 7.22. The summed E-state index contributed by atoms with van der Waals surface area (Å²) in [6.45, 7) is 0. The molecule has 7 heteroatoms. The second-order valence-corrected chi connectivity index (χ2v) is 6.10. The van der Waals surface area contributed by atoms with Crippen LogP contribution in [0.25, 0.3) is 21.9 Å². The van der Waals surface area contributed by atoms with Gasteiger partial charge in [0.05, 0.1) is 25.5 Å². The summed E-state index contributed by atoms with van der Waals surface area (Å²) in [5.41, 5.74) is 0.728. The molecule has 0 saturated heterocycles. The minimum atomic E-state index is 0.141. The maximum absolute atomic E-state index is 6.20. The van der Waals surface area contributed by atoms with Gasteiger partial charge < -0.3 is 4.42 Å². The SMILES string of the molecule is Clc1ccc2c(oc3c(Cl)c(Cl)c(Cl)c(Cl)c32)c1Cl. The van der Waals surface area contributed by atoms with Crippen LogP contribution in [0, 0.1) is 0 Å². The van der Waals surface area contributed by atoms with Gasteiger partial charge in [-0.15, -0.1) is 0 Å². The summed E-state index contributed by atoms with van der Waals surface area (Å²) in [5.74, 6) is 0. The van der Waals surface area contributed by atoms with Crippen LogP contribution in [0.1, 0.15) is 0 Å². The van der Waals surface area contributed by atoms with Crippen LogP contribution in [0.3, 0.4) is 0 Å². The Kier molecular flexibility index (Phi) is 3.50. The van der Waals surface area contributed by atoms with Gasteiger partial charge in [-0.2, -0.15) is 0 Å². The molecular weight excluding hydrogens is 373 g/mol. The van der Waals surface area contributed by atoms with Crippen molar-refractivity contribution in [3.05, 3.63) is 42.3 Å². The predicted molar refractivity (Wildman–Crippen MR) is 83.8 cm³/mol. The van der Waals surface area contributed by atoms with E-state index in [4.69, 9.17) is 74.0 Å². The highest BCUT2D eigenvalue weighted by atomic mass is 35.5. The van der Waals surface area contributed by atoms with E-state index in [0.717, 1.165) is 0 Å². The Morgan fingerprint density at radius 2 is 1.26 bits per heavy atom. The second-order valence-electron chi connectivity index (χ2n) is 3.80. The van der Waals surface area contributed by atoms with E-state index >= 15 is 0 Å². The third-order valence-electron chi connectivity index (χ3n) is 2.75. The Balaban J connectivity index is 2.66. The molecule has 0 aliphatic rings. The Hall–Kier alpha value is -0.0200. The molecule has 0 N–H and O–H groups in total. The maximum atomic E-state index is 6.20. The topological polar surface area (TPSA) is 13.1 Å². The van der Waals surface area contributed by atoms with Crippen molar-refractivity contribution < 1.29 is 4.42 Å². The van der Waals surface area contributed by atoms with Gasteiger partial charge in [-0.1, -0.05) is 69.6 Å². The molecule has 0 unspecified atom stereocenters. The molecule has 0 saturated carbocycles. The van der Waals surface area contributed by atoms with Crippen LogP contribution in [-0.2, 0) is 0 Å². The molecule has 0 aliphatic heterocycles. The summed E-state index contributed by atoms with van der Waals surface area (Å²) < 4.78 is 5.64. The van der Waals surface area contributed by atoms with Gasteiger partial charge in [0.15, 0.2) is 11.2 Å². The van der Waals surface area contributed by atoms with E-state index in [1.165, 1.54) is 0 Å². The van der Waals surface area contributed by atoms with E-state index in [-0.39, 0.29) is 25.1 Å². The second kappa shape index (κ2) is 4.77. The molecule has 3 rings (SSSR count). The largest absolute Gasteiger partial charge is 0.453 e. The summed E-state index contributed by atoms with van der Waals surface area (Å²) in [5, 5.41) is 2.67. The molecule has 0 radical (unpaired) electrons. The zero-order chi connectivity index (χ0) is 13.9. The highest BCUT2D eigenvalue weighted by molar-refractivity contribution is 6.56. The molecule has 1 nitrogen and oxygen atoms in total. The minimum absolute atomic E-state index is 0.141. The van der Waals surface area contributed by atoms with Crippen molar-refractivity contribution in [2.75, 3.05) is 0 Å². The van der Waals surface area contributed by atoms with E-state index in [9.17, 15) is 0 Å². The molecule has 19 heavy (non-hydrogen) atoms. The van der Waals surface area contributed by atoms with Crippen LogP contribution < -0.4 is 0 Å². The molecule has 3 aromatic rings. The van der Waals surface area contributed by atoms with Crippen molar-refractivity contribution in [2.45, 2.75) is 0 Å². The first-order chi connectivity index (χ1) is 8.93. The zero-order valence-electron chi connectivity index (χ0n) is 8.83. The molecular formula is C12H2Cl6O. The van der Waals surface area contributed by atoms with Crippen LogP contribution >= 0.6 is 69.6 Å². The first kappa shape index (κ1) is 13.9. The van der Waals surface area contributed by atoms with E-state index in [1.807, 2.05) is 0 Å². The van der Waals surface area contributed by atoms with E-state index in [2.05, 4.69) is 0 Å². The molecule has 0 aliphatic carbocycles. The standard InChI is InChI=1S/C12H2Cl6O/c13-4-2-1-3-5-7(15)8(16)9(17)10(18)12(5)19-11(3)6(4)14/h1-2H. The number of fused-ring (bicyclic) bond motifs is 3. The lowest BCUT2D eigenvalue weighted by Crippen LogP contribution is -1.77. The summed E-state index contributed by atoms with van der Waals surface area (Å²) in [7, 11) is 0. The Labute approximate surface area is 137 Å². The fraction of sp³-hybridized carbons (Fsp3) is 0. The maximum Gasteiger partial charge on any atom is 0.157 e. The van der Waals surface area contributed by atoms with Gasteiger partial charge in [0.25, 0.3) is 0 Å². The van der Waals surface area contributed by atoms with E-state index in [0.29, 0.717) is 27.0 Å².